The molecule has 1 amide bonds. The smallest absolute Gasteiger partial charge is 0.257 e. The molecule has 128 valence electrons. The predicted octanol–water partition coefficient (Wildman–Crippen LogP) is 3.27. The second kappa shape index (κ2) is 8.17. The van der Waals surface area contributed by atoms with Gasteiger partial charge in [-0.05, 0) is 35.9 Å². The molecule has 2 aromatic carbocycles. The molecule has 1 N–H and O–H groups in total. The highest BCUT2D eigenvalue weighted by atomic mass is 79.9. The van der Waals surface area contributed by atoms with Crippen molar-refractivity contribution in [2.75, 3.05) is 27.8 Å². The fourth-order valence-corrected chi connectivity index (χ4v) is 2.71. The second-order valence-electron chi connectivity index (χ2n) is 5.32. The van der Waals surface area contributed by atoms with E-state index in [0.717, 1.165) is 4.47 Å². The van der Waals surface area contributed by atoms with Crippen molar-refractivity contribution in [3.8, 4) is 11.5 Å². The van der Waals surface area contributed by atoms with Gasteiger partial charge in [-0.15, -0.1) is 0 Å². The minimum absolute atomic E-state index is 0.154. The van der Waals surface area contributed by atoms with Gasteiger partial charge < -0.3 is 19.5 Å². The lowest BCUT2D eigenvalue weighted by molar-refractivity contribution is 0.0677. The van der Waals surface area contributed by atoms with Crippen LogP contribution in [0.3, 0.4) is 0 Å². The van der Waals surface area contributed by atoms with Gasteiger partial charge in [0, 0.05) is 11.5 Å². The van der Waals surface area contributed by atoms with Gasteiger partial charge >= 0.3 is 0 Å². The van der Waals surface area contributed by atoms with Crippen LogP contribution in [-0.2, 0) is 0 Å². The Morgan fingerprint density at radius 1 is 1.21 bits per heavy atom. The summed E-state index contributed by atoms with van der Waals surface area (Å²) in [6, 6.07) is 12.4. The Bertz CT molecular complexity index is 720. The van der Waals surface area contributed by atoms with Crippen LogP contribution in [-0.4, -0.2) is 43.7 Å². The zero-order valence-electron chi connectivity index (χ0n) is 13.8. The van der Waals surface area contributed by atoms with Crippen LogP contribution in [0, 0.1) is 0 Å². The van der Waals surface area contributed by atoms with Crippen LogP contribution in [0.15, 0.2) is 46.9 Å². The van der Waals surface area contributed by atoms with Crippen LogP contribution < -0.4 is 9.47 Å². The second-order valence-corrected chi connectivity index (χ2v) is 6.24. The van der Waals surface area contributed by atoms with Gasteiger partial charge in [-0.2, -0.15) is 0 Å². The van der Waals surface area contributed by atoms with E-state index in [4.69, 9.17) is 9.47 Å². The highest BCUT2D eigenvalue weighted by molar-refractivity contribution is 9.10. The fraction of sp³-hybridized carbons (Fsp3) is 0.278. The van der Waals surface area contributed by atoms with E-state index in [1.807, 2.05) is 0 Å². The summed E-state index contributed by atoms with van der Waals surface area (Å²) in [4.78, 5) is 14.1. The quantitative estimate of drug-likeness (QED) is 0.817. The molecule has 0 radical (unpaired) electrons. The van der Waals surface area contributed by atoms with Crippen LogP contribution in [0.1, 0.15) is 22.0 Å². The number of amides is 1. The molecule has 0 fully saturated rings. The molecule has 2 aromatic rings. The van der Waals surface area contributed by atoms with Crippen molar-refractivity contribution in [3.63, 3.8) is 0 Å². The van der Waals surface area contributed by atoms with Crippen molar-refractivity contribution in [3.05, 3.63) is 58.1 Å². The molecule has 0 bridgehead atoms. The van der Waals surface area contributed by atoms with Crippen molar-refractivity contribution in [1.82, 2.24) is 4.90 Å². The van der Waals surface area contributed by atoms with E-state index in [1.54, 1.807) is 56.6 Å². The van der Waals surface area contributed by atoms with Gasteiger partial charge in [-0.25, -0.2) is 0 Å². The number of hydrogen-bond acceptors (Lipinski definition) is 4. The summed E-state index contributed by atoms with van der Waals surface area (Å²) in [5.74, 6) is 0.926. The first kappa shape index (κ1) is 18.3. The van der Waals surface area contributed by atoms with Crippen molar-refractivity contribution in [2.24, 2.45) is 0 Å². The van der Waals surface area contributed by atoms with Gasteiger partial charge in [0.05, 0.1) is 32.4 Å². The normalized spacial score (nSPS) is 11.7. The van der Waals surface area contributed by atoms with Crippen LogP contribution >= 0.6 is 15.9 Å². The first-order valence-electron chi connectivity index (χ1n) is 7.37. The van der Waals surface area contributed by atoms with Gasteiger partial charge in [0.2, 0.25) is 0 Å². The van der Waals surface area contributed by atoms with Gasteiger partial charge in [0.15, 0.2) is 0 Å². The van der Waals surface area contributed by atoms with Gasteiger partial charge in [-0.3, -0.25) is 4.79 Å². The van der Waals surface area contributed by atoms with Gasteiger partial charge in [0.25, 0.3) is 5.91 Å². The molecule has 6 heteroatoms. The number of carbonyl (C=O) groups excluding carboxylic acids is 1. The van der Waals surface area contributed by atoms with E-state index >= 15 is 0 Å². The Morgan fingerprint density at radius 3 is 2.62 bits per heavy atom. The molecule has 0 heterocycles. The Balaban J connectivity index is 2.15. The number of methoxy groups -OCH3 is 2. The molecule has 5 nitrogen and oxygen atoms in total. The zero-order chi connectivity index (χ0) is 17.7. The number of nitrogens with zero attached hydrogens (tertiary/aromatic N) is 1. The Hall–Kier alpha value is -2.05. The maximum atomic E-state index is 12.7. The third kappa shape index (κ3) is 4.27. The minimum atomic E-state index is -0.813. The summed E-state index contributed by atoms with van der Waals surface area (Å²) in [7, 11) is 4.73. The molecule has 1 unspecified atom stereocenters. The number of likely N-dealkylation sites (N-methyl/N-ethyl adjacent to an activating group) is 1. The lowest BCUT2D eigenvalue weighted by Gasteiger charge is -2.22. The number of ether oxygens (including phenoxy) is 2. The molecule has 0 aliphatic heterocycles. The first-order chi connectivity index (χ1) is 11.5. The van der Waals surface area contributed by atoms with Crippen LogP contribution in [0.4, 0.5) is 0 Å². The van der Waals surface area contributed by atoms with E-state index < -0.39 is 6.10 Å². The zero-order valence-corrected chi connectivity index (χ0v) is 15.4. The van der Waals surface area contributed by atoms with E-state index in [-0.39, 0.29) is 12.5 Å². The molecular weight excluding hydrogens is 374 g/mol. The van der Waals surface area contributed by atoms with E-state index in [0.29, 0.717) is 22.6 Å². The third-order valence-corrected chi connectivity index (χ3v) is 4.16. The number of halogens is 1. The number of carbonyl (C=O) groups is 1. The Morgan fingerprint density at radius 2 is 1.96 bits per heavy atom. The number of rotatable bonds is 6. The molecule has 0 saturated carbocycles. The Kier molecular flexibility index (Phi) is 6.23. The number of aliphatic hydroxyl groups is 1. The van der Waals surface area contributed by atoms with Gasteiger partial charge in [-0.1, -0.05) is 28.1 Å². The topological polar surface area (TPSA) is 59.0 Å². The predicted molar refractivity (Wildman–Crippen MR) is 95.6 cm³/mol. The maximum Gasteiger partial charge on any atom is 0.257 e. The summed E-state index contributed by atoms with van der Waals surface area (Å²) < 4.78 is 11.2. The van der Waals surface area contributed by atoms with Crippen molar-refractivity contribution in [1.29, 1.82) is 0 Å². The minimum Gasteiger partial charge on any atom is -0.497 e. The lowest BCUT2D eigenvalue weighted by atomic mass is 10.1. The number of benzene rings is 2. The molecule has 0 saturated heterocycles. The average Bonchev–Trinajstić information content (AvgIpc) is 2.60. The molecule has 1 atom stereocenters. The van der Waals surface area contributed by atoms with E-state index in [1.165, 1.54) is 12.0 Å². The fourth-order valence-electron chi connectivity index (χ4n) is 2.35. The summed E-state index contributed by atoms with van der Waals surface area (Å²) >= 11 is 3.36. The molecule has 2 rings (SSSR count). The number of hydrogen-bond donors (Lipinski definition) is 1. The maximum absolute atomic E-state index is 12.7. The largest absolute Gasteiger partial charge is 0.497 e. The molecular formula is C18H20BrNO4. The summed E-state index contributed by atoms with van der Waals surface area (Å²) in [5.41, 5.74) is 1.13. The Labute approximate surface area is 149 Å². The van der Waals surface area contributed by atoms with Crippen LogP contribution in [0.2, 0.25) is 0 Å². The van der Waals surface area contributed by atoms with Crippen LogP contribution in [0.5, 0.6) is 11.5 Å². The third-order valence-electron chi connectivity index (χ3n) is 3.66. The standard InChI is InChI=1S/C18H20BrNO4/c1-20(11-16(21)12-5-4-6-14(9-12)23-2)18(22)15-10-13(19)7-8-17(15)24-3/h4-10,16,21H,11H2,1-3H3. The van der Waals surface area contributed by atoms with Gasteiger partial charge in [0.1, 0.15) is 11.5 Å². The SMILES string of the molecule is COc1cccc(C(O)CN(C)C(=O)c2cc(Br)ccc2OC)c1. The lowest BCUT2D eigenvalue weighted by Crippen LogP contribution is -2.31. The number of aliphatic hydroxyl groups excluding tert-OH is 1. The molecule has 0 aliphatic carbocycles. The molecule has 24 heavy (non-hydrogen) atoms. The molecule has 0 spiro atoms. The molecule has 0 aromatic heterocycles. The molecule has 0 aliphatic rings. The monoisotopic (exact) mass is 393 g/mol. The highest BCUT2D eigenvalue weighted by Gasteiger charge is 2.20. The van der Waals surface area contributed by atoms with Crippen molar-refractivity contribution < 1.29 is 19.4 Å². The highest BCUT2D eigenvalue weighted by Crippen LogP contribution is 2.25. The summed E-state index contributed by atoms with van der Waals surface area (Å²) in [6.45, 7) is 0.154. The van der Waals surface area contributed by atoms with E-state index in [9.17, 15) is 9.90 Å². The van der Waals surface area contributed by atoms with Crippen LogP contribution in [0.25, 0.3) is 0 Å². The van der Waals surface area contributed by atoms with Crippen molar-refractivity contribution in [2.45, 2.75) is 6.10 Å². The average molecular weight is 394 g/mol. The summed E-state index contributed by atoms with van der Waals surface area (Å²) in [5, 5.41) is 10.4. The van der Waals surface area contributed by atoms with Crippen molar-refractivity contribution >= 4 is 21.8 Å². The first-order valence-corrected chi connectivity index (χ1v) is 8.16. The van der Waals surface area contributed by atoms with E-state index in [2.05, 4.69) is 15.9 Å². The summed E-state index contributed by atoms with van der Waals surface area (Å²) in [6.07, 6.45) is -0.813.